The highest BCUT2D eigenvalue weighted by Gasteiger charge is 2.37. The molecule has 0 bridgehead atoms. The van der Waals surface area contributed by atoms with E-state index in [4.69, 9.17) is 0 Å². The predicted octanol–water partition coefficient (Wildman–Crippen LogP) is 3.48. The number of aromatic nitrogens is 1. The Morgan fingerprint density at radius 1 is 0.900 bits per heavy atom. The predicted molar refractivity (Wildman–Crippen MR) is 105 cm³/mol. The monoisotopic (exact) mass is 407 g/mol. The molecule has 8 heteroatoms. The SMILES string of the molecule is O=C1NC(=O)N(c2ccc(F)cc2)C(=O)C1=Cc1cccn1Cc1ccccc1F. The first-order valence-corrected chi connectivity index (χ1v) is 8.99. The molecule has 150 valence electrons. The summed E-state index contributed by atoms with van der Waals surface area (Å²) in [6.45, 7) is 0.190. The van der Waals surface area contributed by atoms with E-state index in [9.17, 15) is 23.2 Å². The number of amides is 4. The summed E-state index contributed by atoms with van der Waals surface area (Å²) < 4.78 is 28.9. The lowest BCUT2D eigenvalue weighted by Gasteiger charge is -2.26. The van der Waals surface area contributed by atoms with E-state index < -0.39 is 23.7 Å². The van der Waals surface area contributed by atoms with Gasteiger partial charge in [0.2, 0.25) is 0 Å². The highest BCUT2D eigenvalue weighted by Crippen LogP contribution is 2.22. The quantitative estimate of drug-likeness (QED) is 0.532. The maximum Gasteiger partial charge on any atom is 0.335 e. The van der Waals surface area contributed by atoms with Gasteiger partial charge in [-0.05, 0) is 48.5 Å². The van der Waals surface area contributed by atoms with E-state index in [1.165, 1.54) is 24.3 Å². The van der Waals surface area contributed by atoms with Crippen molar-refractivity contribution in [3.05, 3.63) is 95.3 Å². The molecule has 1 aliphatic rings. The van der Waals surface area contributed by atoms with Crippen LogP contribution in [0, 0.1) is 11.6 Å². The van der Waals surface area contributed by atoms with E-state index in [1.807, 2.05) is 0 Å². The first-order valence-electron chi connectivity index (χ1n) is 8.99. The number of halogens is 2. The van der Waals surface area contributed by atoms with Crippen LogP contribution in [0.25, 0.3) is 6.08 Å². The molecule has 2 heterocycles. The number of nitrogens with one attached hydrogen (secondary N) is 1. The first kappa shape index (κ1) is 19.3. The zero-order valence-electron chi connectivity index (χ0n) is 15.5. The molecule has 0 aliphatic carbocycles. The maximum absolute atomic E-state index is 14.0. The molecule has 4 rings (SSSR count). The van der Waals surface area contributed by atoms with Gasteiger partial charge in [0, 0.05) is 17.5 Å². The molecule has 4 amide bonds. The lowest BCUT2D eigenvalue weighted by molar-refractivity contribution is -0.122. The molecule has 0 radical (unpaired) electrons. The van der Waals surface area contributed by atoms with Gasteiger partial charge in [0.25, 0.3) is 11.8 Å². The average Bonchev–Trinajstić information content (AvgIpc) is 3.15. The molecule has 0 unspecified atom stereocenters. The third-order valence-corrected chi connectivity index (χ3v) is 4.64. The maximum atomic E-state index is 14.0. The van der Waals surface area contributed by atoms with E-state index in [0.29, 0.717) is 11.3 Å². The van der Waals surface area contributed by atoms with E-state index in [1.54, 1.807) is 41.1 Å². The number of urea groups is 1. The number of nitrogens with zero attached hydrogens (tertiary/aromatic N) is 2. The number of carbonyl (C=O) groups is 3. The fraction of sp³-hybridized carbons (Fsp3) is 0.0455. The molecule has 0 spiro atoms. The van der Waals surface area contributed by atoms with Crippen LogP contribution in [0.5, 0.6) is 0 Å². The Kier molecular flexibility index (Phi) is 4.97. The van der Waals surface area contributed by atoms with Gasteiger partial charge in [-0.1, -0.05) is 18.2 Å². The minimum Gasteiger partial charge on any atom is -0.343 e. The van der Waals surface area contributed by atoms with Crippen molar-refractivity contribution in [2.75, 3.05) is 4.90 Å². The number of rotatable bonds is 4. The second-order valence-corrected chi connectivity index (χ2v) is 6.59. The lowest BCUT2D eigenvalue weighted by Crippen LogP contribution is -2.54. The van der Waals surface area contributed by atoms with Crippen LogP contribution in [0.3, 0.4) is 0 Å². The van der Waals surface area contributed by atoms with E-state index in [0.717, 1.165) is 17.0 Å². The Labute approximate surface area is 170 Å². The second-order valence-electron chi connectivity index (χ2n) is 6.59. The van der Waals surface area contributed by atoms with Gasteiger partial charge in [-0.3, -0.25) is 14.9 Å². The standard InChI is InChI=1S/C22H15F2N3O3/c23-15-7-9-16(10-8-15)27-21(29)18(20(28)25-22(27)30)12-17-5-3-11-26(17)13-14-4-1-2-6-19(14)24/h1-12H,13H2,(H,25,28,30). The molecule has 6 nitrogen and oxygen atoms in total. The van der Waals surface area contributed by atoms with Crippen molar-refractivity contribution in [2.45, 2.75) is 6.54 Å². The van der Waals surface area contributed by atoms with Crippen LogP contribution in [-0.4, -0.2) is 22.4 Å². The van der Waals surface area contributed by atoms with Crippen LogP contribution in [0.4, 0.5) is 19.3 Å². The molecule has 1 N–H and O–H groups in total. The van der Waals surface area contributed by atoms with Crippen molar-refractivity contribution < 1.29 is 23.2 Å². The summed E-state index contributed by atoms with van der Waals surface area (Å²) >= 11 is 0. The van der Waals surface area contributed by atoms with E-state index in [-0.39, 0.29) is 23.6 Å². The Morgan fingerprint density at radius 2 is 1.63 bits per heavy atom. The number of carbonyl (C=O) groups excluding carboxylic acids is 3. The zero-order valence-corrected chi connectivity index (χ0v) is 15.5. The molecule has 0 atom stereocenters. The smallest absolute Gasteiger partial charge is 0.335 e. The van der Waals surface area contributed by atoms with Crippen LogP contribution in [0.15, 0.2) is 72.4 Å². The van der Waals surface area contributed by atoms with Crippen LogP contribution < -0.4 is 10.2 Å². The number of anilines is 1. The van der Waals surface area contributed by atoms with E-state index in [2.05, 4.69) is 5.32 Å². The third kappa shape index (κ3) is 3.62. The summed E-state index contributed by atoms with van der Waals surface area (Å²) in [7, 11) is 0. The van der Waals surface area contributed by atoms with Crippen molar-refractivity contribution >= 4 is 29.6 Å². The fourth-order valence-electron chi connectivity index (χ4n) is 3.14. The van der Waals surface area contributed by atoms with E-state index >= 15 is 0 Å². The molecule has 1 aromatic heterocycles. The minimum absolute atomic E-state index is 0.124. The molecular formula is C22H15F2N3O3. The molecule has 2 aromatic carbocycles. The number of benzene rings is 2. The lowest BCUT2D eigenvalue weighted by atomic mass is 10.1. The number of imide groups is 2. The molecule has 3 aromatic rings. The summed E-state index contributed by atoms with van der Waals surface area (Å²) in [5.74, 6) is -2.58. The van der Waals surface area contributed by atoms with Gasteiger partial charge in [0.15, 0.2) is 0 Å². The van der Waals surface area contributed by atoms with Gasteiger partial charge in [-0.25, -0.2) is 18.5 Å². The summed E-state index contributed by atoms with van der Waals surface area (Å²) in [4.78, 5) is 38.2. The van der Waals surface area contributed by atoms with Gasteiger partial charge in [0.05, 0.1) is 12.2 Å². The summed E-state index contributed by atoms with van der Waals surface area (Å²) in [6.07, 6.45) is 3.02. The minimum atomic E-state index is -0.921. The number of barbiturate groups is 1. The van der Waals surface area contributed by atoms with Crippen molar-refractivity contribution in [1.82, 2.24) is 9.88 Å². The summed E-state index contributed by atoms with van der Waals surface area (Å²) in [6, 6.07) is 13.5. The van der Waals surface area contributed by atoms with Gasteiger partial charge < -0.3 is 4.57 Å². The normalized spacial score (nSPS) is 15.6. The number of hydrogen-bond donors (Lipinski definition) is 1. The van der Waals surface area contributed by atoms with Crippen molar-refractivity contribution in [3.63, 3.8) is 0 Å². The molecule has 1 fully saturated rings. The third-order valence-electron chi connectivity index (χ3n) is 4.64. The van der Waals surface area contributed by atoms with Gasteiger partial charge in [-0.2, -0.15) is 0 Å². The highest BCUT2D eigenvalue weighted by molar-refractivity contribution is 6.39. The summed E-state index contributed by atoms with van der Waals surface area (Å²) in [5, 5.41) is 2.11. The Bertz CT molecular complexity index is 1180. The zero-order chi connectivity index (χ0) is 21.3. The van der Waals surface area contributed by atoms with Crippen molar-refractivity contribution in [3.8, 4) is 0 Å². The van der Waals surface area contributed by atoms with Gasteiger partial charge in [0.1, 0.15) is 17.2 Å². The highest BCUT2D eigenvalue weighted by atomic mass is 19.1. The molecule has 1 saturated heterocycles. The molecule has 0 saturated carbocycles. The average molecular weight is 407 g/mol. The topological polar surface area (TPSA) is 71.4 Å². The largest absolute Gasteiger partial charge is 0.343 e. The Hall–Kier alpha value is -4.07. The van der Waals surface area contributed by atoms with Crippen LogP contribution in [0.2, 0.25) is 0 Å². The van der Waals surface area contributed by atoms with Gasteiger partial charge in [-0.15, -0.1) is 0 Å². The van der Waals surface area contributed by atoms with Crippen molar-refractivity contribution in [2.24, 2.45) is 0 Å². The van der Waals surface area contributed by atoms with Gasteiger partial charge >= 0.3 is 6.03 Å². The number of hydrogen-bond acceptors (Lipinski definition) is 3. The fourth-order valence-corrected chi connectivity index (χ4v) is 3.14. The Balaban J connectivity index is 1.68. The van der Waals surface area contributed by atoms with Crippen LogP contribution in [-0.2, 0) is 16.1 Å². The van der Waals surface area contributed by atoms with Crippen LogP contribution in [0.1, 0.15) is 11.3 Å². The molecule has 1 aliphatic heterocycles. The Morgan fingerprint density at radius 3 is 2.37 bits per heavy atom. The summed E-state index contributed by atoms with van der Waals surface area (Å²) in [5.41, 5.74) is 0.771. The molecule has 30 heavy (non-hydrogen) atoms. The van der Waals surface area contributed by atoms with Crippen LogP contribution >= 0.6 is 0 Å². The second kappa shape index (κ2) is 7.75. The van der Waals surface area contributed by atoms with Crippen molar-refractivity contribution in [1.29, 1.82) is 0 Å². The first-order chi connectivity index (χ1) is 14.4. The molecular weight excluding hydrogens is 392 g/mol.